The molecule has 1 unspecified atom stereocenters. The van der Waals surface area contributed by atoms with Gasteiger partial charge in [0.2, 0.25) is 10.0 Å². The maximum atomic E-state index is 10.3. The third-order valence-electron chi connectivity index (χ3n) is 0.568. The molecule has 0 heterocycles. The zero-order valence-corrected chi connectivity index (χ0v) is 9.37. The van der Waals surface area contributed by atoms with Crippen LogP contribution in [-0.2, 0) is 35.9 Å². The largest absolute Gasteiger partial charge is 2.00 e. The monoisotopic (exact) mass is 334 g/mol. The molecule has 0 radical (unpaired) electrons. The second-order valence-corrected chi connectivity index (χ2v) is 3.51. The second kappa shape index (κ2) is 4.99. The first-order chi connectivity index (χ1) is 3.95. The van der Waals surface area contributed by atoms with E-state index in [1.54, 1.807) is 0 Å². The SMILES string of the molecule is CC([C-]=O)NS(C)(=O)=O.[W+2]. The first-order valence-corrected chi connectivity index (χ1v) is 4.20. The summed E-state index contributed by atoms with van der Waals surface area (Å²) in [5, 5.41) is 0. The molecule has 0 aliphatic heterocycles. The van der Waals surface area contributed by atoms with Crippen LogP contribution < -0.4 is 4.72 Å². The normalized spacial score (nSPS) is 13.4. The topological polar surface area (TPSA) is 63.2 Å². The molecule has 10 heavy (non-hydrogen) atoms. The number of nitrogens with one attached hydrogen (secondary N) is 1. The minimum absolute atomic E-state index is 0. The van der Waals surface area contributed by atoms with Crippen molar-refractivity contribution in [1.29, 1.82) is 0 Å². The third kappa shape index (κ3) is 8.27. The Kier molecular flexibility index (Phi) is 6.44. The fraction of sp³-hybridized carbons (Fsp3) is 0.750. The van der Waals surface area contributed by atoms with Gasteiger partial charge in [-0.15, -0.1) is 0 Å². The quantitative estimate of drug-likeness (QED) is 0.676. The van der Waals surface area contributed by atoms with Crippen LogP contribution in [-0.4, -0.2) is 27.0 Å². The number of carbonyl (C=O) groups excluding carboxylic acids is 1. The average Bonchev–Trinajstić information content (AvgIpc) is 1.62. The van der Waals surface area contributed by atoms with E-state index in [2.05, 4.69) is 0 Å². The molecule has 0 bridgehead atoms. The van der Waals surface area contributed by atoms with E-state index in [1.807, 2.05) is 4.72 Å². The van der Waals surface area contributed by atoms with Crippen molar-refractivity contribution in [2.24, 2.45) is 0 Å². The van der Waals surface area contributed by atoms with Crippen molar-refractivity contribution in [3.63, 3.8) is 0 Å². The molecule has 1 N–H and O–H groups in total. The Labute approximate surface area is 74.7 Å². The van der Waals surface area contributed by atoms with Gasteiger partial charge in [-0.05, 0) is 0 Å². The van der Waals surface area contributed by atoms with Gasteiger partial charge < -0.3 is 4.79 Å². The van der Waals surface area contributed by atoms with Gasteiger partial charge in [0.05, 0.1) is 6.26 Å². The molecule has 0 aromatic rings. The van der Waals surface area contributed by atoms with Crippen LogP contribution in [0.5, 0.6) is 0 Å². The Hall–Kier alpha value is 0.268. The molecular formula is C4H8NO3SW+. The van der Waals surface area contributed by atoms with Gasteiger partial charge in [-0.1, -0.05) is 13.0 Å². The van der Waals surface area contributed by atoms with Gasteiger partial charge in [0.1, 0.15) is 0 Å². The van der Waals surface area contributed by atoms with E-state index < -0.39 is 16.1 Å². The molecule has 1 atom stereocenters. The summed E-state index contributed by atoms with van der Waals surface area (Å²) in [6.45, 7) is 1.41. The van der Waals surface area contributed by atoms with Gasteiger partial charge >= 0.3 is 21.1 Å². The summed E-state index contributed by atoms with van der Waals surface area (Å²) in [5.74, 6) is 0. The van der Waals surface area contributed by atoms with E-state index in [-0.39, 0.29) is 21.1 Å². The van der Waals surface area contributed by atoms with Crippen LogP contribution in [0.2, 0.25) is 0 Å². The van der Waals surface area contributed by atoms with Gasteiger partial charge in [0.15, 0.2) is 0 Å². The Bertz CT molecular complexity index is 189. The minimum Gasteiger partial charge on any atom is -0.540 e. The minimum atomic E-state index is -3.25. The smallest absolute Gasteiger partial charge is 0.540 e. The Morgan fingerprint density at radius 2 is 1.90 bits per heavy atom. The van der Waals surface area contributed by atoms with Crippen molar-refractivity contribution >= 4 is 16.3 Å². The maximum absolute atomic E-state index is 10.3. The predicted octanol–water partition coefficient (Wildman–Crippen LogP) is -0.969. The van der Waals surface area contributed by atoms with Crippen molar-refractivity contribution < 1.29 is 34.3 Å². The van der Waals surface area contributed by atoms with E-state index in [1.165, 1.54) is 13.2 Å². The Morgan fingerprint density at radius 1 is 1.50 bits per heavy atom. The van der Waals surface area contributed by atoms with Crippen LogP contribution in [0, 0.1) is 0 Å². The van der Waals surface area contributed by atoms with Crippen LogP contribution in [0.3, 0.4) is 0 Å². The molecule has 4 nitrogen and oxygen atoms in total. The molecule has 58 valence electrons. The zero-order chi connectivity index (χ0) is 7.49. The molecule has 0 saturated heterocycles. The van der Waals surface area contributed by atoms with Crippen molar-refractivity contribution in [2.75, 3.05) is 6.26 Å². The summed E-state index contributed by atoms with van der Waals surface area (Å²) in [7, 11) is -3.25. The fourth-order valence-corrected chi connectivity index (χ4v) is 1.04. The summed E-state index contributed by atoms with van der Waals surface area (Å²) in [6, 6.07) is -0.750. The Balaban J connectivity index is 0. The summed E-state index contributed by atoms with van der Waals surface area (Å²) in [4.78, 5) is 9.73. The number of hydrogen-bond acceptors (Lipinski definition) is 3. The van der Waals surface area contributed by atoms with Crippen LogP contribution >= 0.6 is 0 Å². The van der Waals surface area contributed by atoms with Crippen molar-refractivity contribution in [3.8, 4) is 0 Å². The second-order valence-electron chi connectivity index (χ2n) is 1.73. The summed E-state index contributed by atoms with van der Waals surface area (Å²) < 4.78 is 22.6. The van der Waals surface area contributed by atoms with Crippen molar-refractivity contribution in [1.82, 2.24) is 4.72 Å². The number of sulfonamides is 1. The molecule has 0 spiro atoms. The molecule has 0 aromatic carbocycles. The third-order valence-corrected chi connectivity index (χ3v) is 1.35. The number of rotatable bonds is 3. The standard InChI is InChI=1S/C4H8NO3S.W/c1-4(3-6)5-9(2,7)8;/h4-5H,1-2H3;/q-1;+2. The molecular weight excluding hydrogens is 326 g/mol. The van der Waals surface area contributed by atoms with Gasteiger partial charge in [0.25, 0.3) is 0 Å². The summed E-state index contributed by atoms with van der Waals surface area (Å²) in [6.07, 6.45) is 2.47. The molecule has 0 amide bonds. The van der Waals surface area contributed by atoms with E-state index in [9.17, 15) is 13.2 Å². The van der Waals surface area contributed by atoms with E-state index in [0.717, 1.165) is 6.26 Å². The zero-order valence-electron chi connectivity index (χ0n) is 5.62. The molecule has 0 aliphatic carbocycles. The Morgan fingerprint density at radius 3 is 2.00 bits per heavy atom. The van der Waals surface area contributed by atoms with Gasteiger partial charge in [-0.25, -0.2) is 19.4 Å². The molecule has 0 fully saturated rings. The average molecular weight is 334 g/mol. The van der Waals surface area contributed by atoms with E-state index in [0.29, 0.717) is 0 Å². The molecule has 0 saturated carbocycles. The molecule has 6 heteroatoms. The van der Waals surface area contributed by atoms with Crippen molar-refractivity contribution in [2.45, 2.75) is 13.0 Å². The molecule has 0 rings (SSSR count). The van der Waals surface area contributed by atoms with Crippen LogP contribution in [0.1, 0.15) is 6.92 Å². The van der Waals surface area contributed by atoms with Crippen LogP contribution in [0.25, 0.3) is 0 Å². The van der Waals surface area contributed by atoms with Crippen LogP contribution in [0.15, 0.2) is 0 Å². The summed E-state index contributed by atoms with van der Waals surface area (Å²) >= 11 is 0. The molecule has 0 aromatic heterocycles. The maximum Gasteiger partial charge on any atom is 2.00 e. The summed E-state index contributed by atoms with van der Waals surface area (Å²) in [5.41, 5.74) is 0. The number of hydrogen-bond donors (Lipinski definition) is 1. The van der Waals surface area contributed by atoms with Crippen LogP contribution in [0.4, 0.5) is 0 Å². The van der Waals surface area contributed by atoms with E-state index >= 15 is 0 Å². The van der Waals surface area contributed by atoms with Gasteiger partial charge in [-0.3, -0.25) is 0 Å². The van der Waals surface area contributed by atoms with E-state index in [4.69, 9.17) is 0 Å². The predicted molar refractivity (Wildman–Crippen MR) is 33.1 cm³/mol. The molecule has 0 aliphatic rings. The first kappa shape index (κ1) is 12.9. The first-order valence-electron chi connectivity index (χ1n) is 2.30. The van der Waals surface area contributed by atoms with Gasteiger partial charge in [-0.2, -0.15) is 0 Å². The van der Waals surface area contributed by atoms with Crippen molar-refractivity contribution in [3.05, 3.63) is 0 Å². The van der Waals surface area contributed by atoms with Gasteiger partial charge in [0, 0.05) is 0 Å². The fourth-order valence-electron chi connectivity index (χ4n) is 0.345.